The predicted molar refractivity (Wildman–Crippen MR) is 409 cm³/mol. The number of esters is 4. The maximum absolute atomic E-state index is 13.1. The molecule has 17 nitrogen and oxygen atoms in total. The Morgan fingerprint density at radius 1 is 0.290 bits per heavy atom. The van der Waals surface area contributed by atoms with Crippen molar-refractivity contribution in [3.8, 4) is 0 Å². The van der Waals surface area contributed by atoms with E-state index in [1.54, 1.807) is 0 Å². The lowest BCUT2D eigenvalue weighted by atomic mass is 10.0. The summed E-state index contributed by atoms with van der Waals surface area (Å²) in [7, 11) is -9.96. The lowest BCUT2D eigenvalue weighted by molar-refractivity contribution is -0.161. The van der Waals surface area contributed by atoms with Crippen LogP contribution in [0, 0.1) is 0 Å². The summed E-state index contributed by atoms with van der Waals surface area (Å²) in [6.07, 6.45) is 76.7. The Morgan fingerprint density at radius 2 is 0.520 bits per heavy atom. The number of carbonyl (C=O) groups is 4. The molecule has 0 radical (unpaired) electrons. The van der Waals surface area contributed by atoms with Gasteiger partial charge in [0.25, 0.3) is 0 Å². The first-order chi connectivity index (χ1) is 48.7. The van der Waals surface area contributed by atoms with Crippen molar-refractivity contribution in [2.24, 2.45) is 0 Å². The number of phosphoric acid groups is 2. The minimum atomic E-state index is -4.98. The minimum Gasteiger partial charge on any atom is -0.462 e. The molecule has 0 aromatic rings. The zero-order chi connectivity index (χ0) is 73.2. The third kappa shape index (κ3) is 72.3. The highest BCUT2D eigenvalue weighted by Crippen LogP contribution is 2.45. The van der Waals surface area contributed by atoms with Crippen LogP contribution in [0.4, 0.5) is 0 Å². The van der Waals surface area contributed by atoms with Crippen LogP contribution in [0.25, 0.3) is 0 Å². The Labute approximate surface area is 607 Å². The molecular weight excluding hydrogens is 1310 g/mol. The minimum absolute atomic E-state index is 0.0817. The Balaban J connectivity index is 5.37. The maximum atomic E-state index is 13.1. The first-order valence-corrected chi connectivity index (χ1v) is 42.5. The SMILES string of the molecule is CC/C=C\C/C=C\C/C=C\C/C=C\CCCCCCC(=O)OCC(COP(=O)(O)OCC(O)COP(=O)(O)OCC(COC(=O)CCCCCCC/C=C\C/C=C\C/C=C\CC)OC(=O)CCCCCCC/C=C\CCCCCCCC)OC(=O)CCCCCCCCCCCCCCC. The number of rotatable bonds is 74. The zero-order valence-corrected chi connectivity index (χ0v) is 64.9. The molecule has 0 spiro atoms. The van der Waals surface area contributed by atoms with Crippen LogP contribution in [0.5, 0.6) is 0 Å². The van der Waals surface area contributed by atoms with Gasteiger partial charge in [-0.25, -0.2) is 9.13 Å². The highest BCUT2D eigenvalue weighted by molar-refractivity contribution is 7.47. The molecule has 0 fully saturated rings. The average Bonchev–Trinajstić information content (AvgIpc) is 0.965. The van der Waals surface area contributed by atoms with Crippen molar-refractivity contribution in [1.29, 1.82) is 0 Å². The molecule has 0 aliphatic heterocycles. The smallest absolute Gasteiger partial charge is 0.462 e. The number of phosphoric ester groups is 2. The van der Waals surface area contributed by atoms with E-state index < -0.39 is 97.5 Å². The van der Waals surface area contributed by atoms with Crippen LogP contribution in [0.15, 0.2) is 97.2 Å². The molecule has 0 aromatic carbocycles. The van der Waals surface area contributed by atoms with E-state index in [0.717, 1.165) is 167 Å². The standard InChI is InChI=1S/C81H142O17P2/c1-5-9-13-17-21-25-29-33-36-37-40-43-46-50-54-58-62-66-79(84)92-71-76(97-80(85)67-63-59-55-51-47-41-32-28-24-20-16-12-8-4)73-95-99(87,88)93-69-75(82)70-94-100(89,90)96-74-77(98-81(86)68-64-60-56-52-48-44-39-35-31-27-23-19-15-11-7-3)72-91-78(83)65-61-57-53-49-45-42-38-34-30-26-22-18-14-10-6-2/h9-10,13-14,21-22,25-26,33-36,38-40,43,75-77,82H,5-8,11-12,15-20,23-24,27-32,37,41-42,44-74H2,1-4H3,(H,87,88)(H,89,90)/b13-9-,14-10-,25-21-,26-22-,36-33-,38-34-,39-35-,43-40-. The molecule has 0 aliphatic carbocycles. The zero-order valence-electron chi connectivity index (χ0n) is 63.1. The number of aliphatic hydroxyl groups excluding tert-OH is 1. The topological polar surface area (TPSA) is 237 Å². The van der Waals surface area contributed by atoms with Crippen molar-refractivity contribution in [3.63, 3.8) is 0 Å². The number of ether oxygens (including phenoxy) is 4. The van der Waals surface area contributed by atoms with Crippen LogP contribution < -0.4 is 0 Å². The Hall–Kier alpha value is -4.02. The third-order valence-electron chi connectivity index (χ3n) is 16.5. The van der Waals surface area contributed by atoms with Crippen molar-refractivity contribution >= 4 is 39.5 Å². The van der Waals surface area contributed by atoms with E-state index in [9.17, 15) is 43.2 Å². The Morgan fingerprint density at radius 3 is 0.810 bits per heavy atom. The number of unbranched alkanes of at least 4 members (excludes halogenated alkanes) is 32. The summed E-state index contributed by atoms with van der Waals surface area (Å²) in [4.78, 5) is 72.9. The second-order valence-electron chi connectivity index (χ2n) is 26.2. The molecule has 0 rings (SSSR count). The van der Waals surface area contributed by atoms with Crippen LogP contribution >= 0.6 is 15.6 Å². The van der Waals surface area contributed by atoms with Gasteiger partial charge in [0.1, 0.15) is 19.3 Å². The van der Waals surface area contributed by atoms with Crippen molar-refractivity contribution in [2.75, 3.05) is 39.6 Å². The van der Waals surface area contributed by atoms with Crippen molar-refractivity contribution < 1.29 is 80.2 Å². The second-order valence-corrected chi connectivity index (χ2v) is 29.2. The molecule has 19 heteroatoms. The largest absolute Gasteiger partial charge is 0.472 e. The lowest BCUT2D eigenvalue weighted by Crippen LogP contribution is -2.30. The van der Waals surface area contributed by atoms with Crippen LogP contribution in [0.2, 0.25) is 0 Å². The molecule has 0 saturated carbocycles. The monoisotopic (exact) mass is 1450 g/mol. The second kappa shape index (κ2) is 73.3. The van der Waals surface area contributed by atoms with Gasteiger partial charge in [0.05, 0.1) is 26.4 Å². The van der Waals surface area contributed by atoms with E-state index in [1.165, 1.54) is 89.9 Å². The van der Waals surface area contributed by atoms with Crippen LogP contribution in [-0.4, -0.2) is 96.7 Å². The van der Waals surface area contributed by atoms with E-state index in [-0.39, 0.29) is 25.7 Å². The van der Waals surface area contributed by atoms with Gasteiger partial charge < -0.3 is 33.8 Å². The molecule has 0 bridgehead atoms. The van der Waals surface area contributed by atoms with Crippen LogP contribution in [0.3, 0.4) is 0 Å². The molecule has 0 aliphatic rings. The summed E-state index contributed by atoms with van der Waals surface area (Å²) in [5.41, 5.74) is 0. The molecule has 3 N–H and O–H groups in total. The molecule has 0 amide bonds. The summed E-state index contributed by atoms with van der Waals surface area (Å²) in [6.45, 7) is 4.63. The van der Waals surface area contributed by atoms with Crippen molar-refractivity contribution in [3.05, 3.63) is 97.2 Å². The van der Waals surface area contributed by atoms with Gasteiger partial charge >= 0.3 is 39.5 Å². The molecule has 5 atom stereocenters. The number of hydrogen-bond acceptors (Lipinski definition) is 15. The van der Waals surface area contributed by atoms with Crippen LogP contribution in [0.1, 0.15) is 336 Å². The lowest BCUT2D eigenvalue weighted by Gasteiger charge is -2.21. The Kier molecular flexibility index (Phi) is 70.4. The van der Waals surface area contributed by atoms with Gasteiger partial charge in [0.15, 0.2) is 12.2 Å². The number of hydrogen-bond donors (Lipinski definition) is 3. The molecule has 0 aromatic heterocycles. The number of allylic oxidation sites excluding steroid dienone is 16. The first kappa shape index (κ1) is 96.0. The van der Waals surface area contributed by atoms with Crippen molar-refractivity contribution in [2.45, 2.75) is 354 Å². The van der Waals surface area contributed by atoms with Gasteiger partial charge in [0.2, 0.25) is 0 Å². The predicted octanol–water partition coefficient (Wildman–Crippen LogP) is 22.8. The summed E-state index contributed by atoms with van der Waals surface area (Å²) in [5.74, 6) is -2.21. The van der Waals surface area contributed by atoms with Gasteiger partial charge in [-0.05, 0) is 122 Å². The molecule has 0 heterocycles. The summed E-state index contributed by atoms with van der Waals surface area (Å²) in [6, 6.07) is 0. The molecule has 5 unspecified atom stereocenters. The molecular formula is C81H142O17P2. The normalized spacial score (nSPS) is 14.4. The summed E-state index contributed by atoms with van der Waals surface area (Å²) < 4.78 is 68.5. The molecule has 578 valence electrons. The van der Waals surface area contributed by atoms with Crippen molar-refractivity contribution in [1.82, 2.24) is 0 Å². The highest BCUT2D eigenvalue weighted by Gasteiger charge is 2.30. The fraction of sp³-hybridized carbons (Fsp3) is 0.753. The quantitative estimate of drug-likeness (QED) is 0.0169. The first-order valence-electron chi connectivity index (χ1n) is 39.5. The average molecular weight is 1450 g/mol. The van der Waals surface area contributed by atoms with E-state index in [0.29, 0.717) is 25.7 Å². The maximum Gasteiger partial charge on any atom is 0.472 e. The fourth-order valence-electron chi connectivity index (χ4n) is 10.6. The third-order valence-corrected chi connectivity index (χ3v) is 18.4. The van der Waals surface area contributed by atoms with E-state index in [2.05, 4.69) is 125 Å². The van der Waals surface area contributed by atoms with Gasteiger partial charge in [-0.3, -0.25) is 37.3 Å². The van der Waals surface area contributed by atoms with Gasteiger partial charge in [-0.2, -0.15) is 0 Å². The molecule has 100 heavy (non-hydrogen) atoms. The number of carbonyl (C=O) groups excluding carboxylic acids is 4. The van der Waals surface area contributed by atoms with E-state index in [4.69, 9.17) is 37.0 Å². The number of aliphatic hydroxyl groups is 1. The van der Waals surface area contributed by atoms with Crippen LogP contribution in [-0.2, 0) is 65.4 Å². The highest BCUT2D eigenvalue weighted by atomic mass is 31.2. The fourth-order valence-corrected chi connectivity index (χ4v) is 12.2. The van der Waals surface area contributed by atoms with Gasteiger partial charge in [-0.1, -0.05) is 285 Å². The Bertz CT molecular complexity index is 2270. The molecule has 0 saturated heterocycles. The van der Waals surface area contributed by atoms with E-state index >= 15 is 0 Å². The summed E-state index contributed by atoms with van der Waals surface area (Å²) in [5, 5.41) is 10.6. The summed E-state index contributed by atoms with van der Waals surface area (Å²) >= 11 is 0. The van der Waals surface area contributed by atoms with E-state index in [1.807, 2.05) is 0 Å². The van der Waals surface area contributed by atoms with Gasteiger partial charge in [-0.15, -0.1) is 0 Å². The van der Waals surface area contributed by atoms with Gasteiger partial charge in [0, 0.05) is 25.7 Å².